The van der Waals surface area contributed by atoms with E-state index < -0.39 is 24.0 Å². The largest absolute Gasteiger partial charge is 0.393 e. The number of halogens is 1. The van der Waals surface area contributed by atoms with Gasteiger partial charge in [0, 0.05) is 11.8 Å². The predicted octanol–water partition coefficient (Wildman–Crippen LogP) is 5.42. The second kappa shape index (κ2) is 8.09. The van der Waals surface area contributed by atoms with Crippen LogP contribution in [-0.4, -0.2) is 39.3 Å². The molecule has 0 aromatic carbocycles. The lowest BCUT2D eigenvalue weighted by atomic mass is 9.46. The van der Waals surface area contributed by atoms with Crippen molar-refractivity contribution in [2.75, 3.05) is 0 Å². The van der Waals surface area contributed by atoms with Gasteiger partial charge in [-0.3, -0.25) is 0 Å². The van der Waals surface area contributed by atoms with Crippen LogP contribution in [0.5, 0.6) is 0 Å². The van der Waals surface area contributed by atoms with E-state index in [0.29, 0.717) is 47.8 Å². The topological polar surface area (TPSA) is 60.7 Å². The van der Waals surface area contributed by atoms with Gasteiger partial charge in [0.05, 0.1) is 17.8 Å². The van der Waals surface area contributed by atoms with Crippen molar-refractivity contribution in [1.29, 1.82) is 0 Å². The van der Waals surface area contributed by atoms with Crippen LogP contribution in [0.15, 0.2) is 11.6 Å². The number of allylic oxidation sites excluding steroid dienone is 1. The molecule has 3 nitrogen and oxygen atoms in total. The van der Waals surface area contributed by atoms with Crippen molar-refractivity contribution in [2.24, 2.45) is 40.4 Å². The third-order valence-electron chi connectivity index (χ3n) is 10.6. The number of hydrogen-bond acceptors (Lipinski definition) is 3. The lowest BCUT2D eigenvalue weighted by Crippen LogP contribution is -2.55. The molecule has 4 aliphatic carbocycles. The first kappa shape index (κ1) is 23.7. The molecule has 3 fully saturated rings. The minimum atomic E-state index is -1.25. The summed E-state index contributed by atoms with van der Waals surface area (Å²) in [4.78, 5) is 0. The molecule has 0 unspecified atom stereocenters. The normalized spacial score (nSPS) is 47.1. The van der Waals surface area contributed by atoms with Gasteiger partial charge in [0.2, 0.25) is 0 Å². The van der Waals surface area contributed by atoms with Gasteiger partial charge in [-0.1, -0.05) is 32.4 Å². The highest BCUT2D eigenvalue weighted by atomic mass is 19.1. The number of fused-ring (bicyclic) bond motifs is 5. The van der Waals surface area contributed by atoms with E-state index in [2.05, 4.69) is 26.8 Å². The van der Waals surface area contributed by atoms with Crippen LogP contribution in [0.2, 0.25) is 0 Å². The van der Waals surface area contributed by atoms with E-state index in [0.717, 1.165) is 25.7 Å². The number of aliphatic hydroxyl groups excluding tert-OH is 2. The van der Waals surface area contributed by atoms with Gasteiger partial charge in [-0.15, -0.1) is 0 Å². The van der Waals surface area contributed by atoms with E-state index in [-0.39, 0.29) is 5.41 Å². The van der Waals surface area contributed by atoms with Gasteiger partial charge in [-0.25, -0.2) is 4.39 Å². The standard InChI is InChI=1S/C27H45FO3/c1-16(6-11-23(28)25(2,3)31)20-9-10-21-19-8-7-17-14-18(29)15-24(30)27(17,5)22(19)12-13-26(20,21)4/h7,16,18-24,29-31H,6,8-15H2,1-5H3/t16-,18-,19+,20-,21+,22+,23+,24+,26-,27+/m1/s1. The van der Waals surface area contributed by atoms with E-state index >= 15 is 0 Å². The van der Waals surface area contributed by atoms with E-state index in [4.69, 9.17) is 0 Å². The fourth-order valence-electron chi connectivity index (χ4n) is 8.64. The van der Waals surface area contributed by atoms with Gasteiger partial charge in [0.25, 0.3) is 0 Å². The fourth-order valence-corrected chi connectivity index (χ4v) is 8.64. The van der Waals surface area contributed by atoms with Gasteiger partial charge in [-0.05, 0) is 100 Å². The van der Waals surface area contributed by atoms with Crippen LogP contribution in [0.25, 0.3) is 0 Å². The Bertz CT molecular complexity index is 699. The molecular formula is C27H45FO3. The molecule has 0 heterocycles. The Kier molecular flexibility index (Phi) is 6.19. The van der Waals surface area contributed by atoms with Gasteiger partial charge in [0.1, 0.15) is 6.17 Å². The number of alkyl halides is 1. The highest BCUT2D eigenvalue weighted by Crippen LogP contribution is 2.67. The Morgan fingerprint density at radius 2 is 1.84 bits per heavy atom. The highest BCUT2D eigenvalue weighted by Gasteiger charge is 2.60. The maximum Gasteiger partial charge on any atom is 0.128 e. The third kappa shape index (κ3) is 3.83. The summed E-state index contributed by atoms with van der Waals surface area (Å²) in [5.74, 6) is 2.87. The summed E-state index contributed by atoms with van der Waals surface area (Å²) in [7, 11) is 0. The molecule has 0 aromatic heterocycles. The average Bonchev–Trinajstić information content (AvgIpc) is 3.03. The van der Waals surface area contributed by atoms with Gasteiger partial charge >= 0.3 is 0 Å². The molecular weight excluding hydrogens is 391 g/mol. The van der Waals surface area contributed by atoms with Crippen LogP contribution < -0.4 is 0 Å². The van der Waals surface area contributed by atoms with Crippen LogP contribution in [-0.2, 0) is 0 Å². The third-order valence-corrected chi connectivity index (χ3v) is 10.6. The van der Waals surface area contributed by atoms with Crippen molar-refractivity contribution in [3.05, 3.63) is 11.6 Å². The van der Waals surface area contributed by atoms with Gasteiger partial charge in [-0.2, -0.15) is 0 Å². The minimum Gasteiger partial charge on any atom is -0.393 e. The summed E-state index contributed by atoms with van der Waals surface area (Å²) < 4.78 is 14.4. The zero-order valence-corrected chi connectivity index (χ0v) is 20.3. The number of aliphatic hydroxyl groups is 3. The highest BCUT2D eigenvalue weighted by molar-refractivity contribution is 5.27. The smallest absolute Gasteiger partial charge is 0.128 e. The second-order valence-electron chi connectivity index (χ2n) is 12.6. The first-order valence-corrected chi connectivity index (χ1v) is 12.8. The Hall–Kier alpha value is -0.450. The molecule has 0 spiro atoms. The fraction of sp³-hybridized carbons (Fsp3) is 0.926. The van der Waals surface area contributed by atoms with E-state index in [1.165, 1.54) is 24.8 Å². The number of rotatable bonds is 5. The first-order valence-electron chi connectivity index (χ1n) is 12.8. The molecule has 0 amide bonds. The Morgan fingerprint density at radius 1 is 1.13 bits per heavy atom. The summed E-state index contributed by atoms with van der Waals surface area (Å²) in [5.41, 5.74) is 0.159. The molecule has 0 bridgehead atoms. The summed E-state index contributed by atoms with van der Waals surface area (Å²) in [6, 6.07) is 0. The van der Waals surface area contributed by atoms with Crippen molar-refractivity contribution in [3.8, 4) is 0 Å². The molecule has 3 N–H and O–H groups in total. The van der Waals surface area contributed by atoms with Gasteiger partial charge in [0.15, 0.2) is 0 Å². The molecule has 0 aliphatic heterocycles. The predicted molar refractivity (Wildman–Crippen MR) is 122 cm³/mol. The second-order valence-corrected chi connectivity index (χ2v) is 12.6. The van der Waals surface area contributed by atoms with Crippen molar-refractivity contribution >= 4 is 0 Å². The van der Waals surface area contributed by atoms with Crippen molar-refractivity contribution in [2.45, 2.75) is 116 Å². The van der Waals surface area contributed by atoms with Crippen LogP contribution in [0.4, 0.5) is 4.39 Å². The molecule has 178 valence electrons. The van der Waals surface area contributed by atoms with Crippen LogP contribution in [0.1, 0.15) is 92.4 Å². The van der Waals surface area contributed by atoms with Crippen molar-refractivity contribution in [1.82, 2.24) is 0 Å². The van der Waals surface area contributed by atoms with Crippen molar-refractivity contribution in [3.63, 3.8) is 0 Å². The van der Waals surface area contributed by atoms with Gasteiger partial charge < -0.3 is 15.3 Å². The maximum absolute atomic E-state index is 14.4. The van der Waals surface area contributed by atoms with E-state index in [1.54, 1.807) is 13.8 Å². The Balaban J connectivity index is 1.50. The van der Waals surface area contributed by atoms with Crippen LogP contribution >= 0.6 is 0 Å². The molecule has 0 saturated heterocycles. The summed E-state index contributed by atoms with van der Waals surface area (Å²) in [6.07, 6.45) is 8.75. The summed E-state index contributed by atoms with van der Waals surface area (Å²) >= 11 is 0. The monoisotopic (exact) mass is 436 g/mol. The average molecular weight is 437 g/mol. The molecule has 4 heteroatoms. The summed E-state index contributed by atoms with van der Waals surface area (Å²) in [5, 5.41) is 31.2. The minimum absolute atomic E-state index is 0.179. The van der Waals surface area contributed by atoms with Crippen molar-refractivity contribution < 1.29 is 19.7 Å². The number of hydrogen-bond donors (Lipinski definition) is 3. The molecule has 0 aromatic rings. The zero-order chi connectivity index (χ0) is 22.8. The Labute approximate surface area is 188 Å². The molecule has 0 radical (unpaired) electrons. The zero-order valence-electron chi connectivity index (χ0n) is 20.3. The first-order chi connectivity index (χ1) is 14.4. The molecule has 4 aliphatic rings. The van der Waals surface area contributed by atoms with Crippen LogP contribution in [0.3, 0.4) is 0 Å². The summed E-state index contributed by atoms with van der Waals surface area (Å²) in [6.45, 7) is 10.2. The molecule has 31 heavy (non-hydrogen) atoms. The lowest BCUT2D eigenvalue weighted by Gasteiger charge is -2.59. The molecule has 4 rings (SSSR count). The van der Waals surface area contributed by atoms with Crippen LogP contribution in [0, 0.1) is 40.4 Å². The van der Waals surface area contributed by atoms with E-state index in [1.807, 2.05) is 0 Å². The quantitative estimate of drug-likeness (QED) is 0.504. The Morgan fingerprint density at radius 3 is 2.52 bits per heavy atom. The SMILES string of the molecule is C[C@H](CC[C@H](F)C(C)(C)O)[C@H]1CC[C@H]2[C@@H]3CC=C4C[C@@H](O)C[C@H](O)[C@]4(C)[C@H]3CC[C@]12C. The molecule has 3 saturated carbocycles. The lowest BCUT2D eigenvalue weighted by molar-refractivity contribution is -0.108. The van der Waals surface area contributed by atoms with E-state index in [9.17, 15) is 19.7 Å². The molecule has 10 atom stereocenters. The maximum atomic E-state index is 14.4.